The molecule has 0 radical (unpaired) electrons. The van der Waals surface area contributed by atoms with E-state index < -0.39 is 0 Å². The molecule has 0 unspecified atom stereocenters. The summed E-state index contributed by atoms with van der Waals surface area (Å²) in [5.74, 6) is 1.41. The van der Waals surface area contributed by atoms with E-state index in [-0.39, 0.29) is 1.43 Å². The van der Waals surface area contributed by atoms with Gasteiger partial charge in [0.05, 0.1) is 19.9 Å². The molecule has 1 aromatic carbocycles. The Labute approximate surface area is 67.2 Å². The highest BCUT2D eigenvalue weighted by molar-refractivity contribution is 5.55. The van der Waals surface area contributed by atoms with Crippen molar-refractivity contribution in [3.63, 3.8) is 0 Å². The quantitative estimate of drug-likeness (QED) is 0.659. The van der Waals surface area contributed by atoms with Crippen molar-refractivity contribution in [3.05, 3.63) is 18.2 Å². The second kappa shape index (κ2) is 3.14. The van der Waals surface area contributed by atoms with Crippen LogP contribution in [-0.4, -0.2) is 14.2 Å². The monoisotopic (exact) mass is 155 g/mol. The van der Waals surface area contributed by atoms with Gasteiger partial charge >= 0.3 is 0 Å². The molecule has 0 spiro atoms. The molecule has 0 amide bonds. The van der Waals surface area contributed by atoms with E-state index in [1.807, 2.05) is 0 Å². The molecule has 1 rings (SSSR count). The van der Waals surface area contributed by atoms with Crippen molar-refractivity contribution in [1.29, 1.82) is 0 Å². The van der Waals surface area contributed by atoms with Crippen LogP contribution in [0, 0.1) is 0 Å². The molecule has 0 saturated carbocycles. The summed E-state index contributed by atoms with van der Waals surface area (Å²) in [6, 6.07) is 5.29. The normalized spacial score (nSPS) is 9.27. The van der Waals surface area contributed by atoms with Crippen LogP contribution in [0.5, 0.6) is 11.5 Å². The lowest BCUT2D eigenvalue weighted by Gasteiger charge is -2.05. The maximum Gasteiger partial charge on any atom is 0.142 e. The van der Waals surface area contributed by atoms with Crippen molar-refractivity contribution in [2.24, 2.45) is 0 Å². The van der Waals surface area contributed by atoms with Gasteiger partial charge in [-0.05, 0) is 12.1 Å². The third-order valence-corrected chi connectivity index (χ3v) is 1.44. The fraction of sp³-hybridized carbons (Fsp3) is 0.250. The average Bonchev–Trinajstić information content (AvgIpc) is 2.04. The molecule has 0 bridgehead atoms. The first-order chi connectivity index (χ1) is 5.27. The predicted molar refractivity (Wildman–Crippen MR) is 46.1 cm³/mol. The number of hydrogen-bond acceptors (Lipinski definition) is 3. The number of ether oxygens (including phenoxy) is 2. The van der Waals surface area contributed by atoms with E-state index in [4.69, 9.17) is 15.2 Å². The van der Waals surface area contributed by atoms with E-state index in [1.165, 1.54) is 0 Å². The van der Waals surface area contributed by atoms with Gasteiger partial charge in [-0.1, -0.05) is 0 Å². The first-order valence-corrected chi connectivity index (χ1v) is 3.25. The number of nitrogen functional groups attached to an aromatic ring is 1. The van der Waals surface area contributed by atoms with E-state index in [0.717, 1.165) is 5.75 Å². The van der Waals surface area contributed by atoms with Crippen LogP contribution in [0.1, 0.15) is 1.43 Å². The highest BCUT2D eigenvalue weighted by Gasteiger charge is 1.98. The van der Waals surface area contributed by atoms with Gasteiger partial charge in [0.2, 0.25) is 0 Å². The SMILES string of the molecule is COc1ccc(OC)c(N)c1.[HH]. The van der Waals surface area contributed by atoms with Crippen LogP contribution < -0.4 is 15.2 Å². The van der Waals surface area contributed by atoms with Crippen LogP contribution in [-0.2, 0) is 0 Å². The predicted octanol–water partition coefficient (Wildman–Crippen LogP) is 1.53. The standard InChI is InChI=1S/C8H11NO2.H2/c1-10-6-3-4-8(11-2)7(9)5-6;/h3-5H,9H2,1-2H3;1H. The van der Waals surface area contributed by atoms with Gasteiger partial charge in [0.15, 0.2) is 0 Å². The molecule has 0 heterocycles. The van der Waals surface area contributed by atoms with E-state index in [9.17, 15) is 0 Å². The van der Waals surface area contributed by atoms with E-state index >= 15 is 0 Å². The zero-order valence-electron chi connectivity index (χ0n) is 6.63. The Morgan fingerprint density at radius 1 is 1.27 bits per heavy atom. The summed E-state index contributed by atoms with van der Waals surface area (Å²) in [5, 5.41) is 0. The minimum Gasteiger partial charge on any atom is -0.497 e. The lowest BCUT2D eigenvalue weighted by Crippen LogP contribution is -1.92. The fourth-order valence-corrected chi connectivity index (χ4v) is 0.839. The molecule has 0 aromatic heterocycles. The van der Waals surface area contributed by atoms with Gasteiger partial charge in [0.25, 0.3) is 0 Å². The van der Waals surface area contributed by atoms with Crippen LogP contribution in [0.3, 0.4) is 0 Å². The topological polar surface area (TPSA) is 44.5 Å². The van der Waals surface area contributed by atoms with Gasteiger partial charge in [0.1, 0.15) is 11.5 Å². The molecule has 1 aromatic rings. The lowest BCUT2D eigenvalue weighted by molar-refractivity contribution is 0.405. The highest BCUT2D eigenvalue weighted by Crippen LogP contribution is 2.25. The van der Waals surface area contributed by atoms with Gasteiger partial charge in [-0.3, -0.25) is 0 Å². The highest BCUT2D eigenvalue weighted by atomic mass is 16.5. The van der Waals surface area contributed by atoms with Crippen LogP contribution in [0.4, 0.5) is 5.69 Å². The molecule has 0 fully saturated rings. The molecule has 0 aliphatic heterocycles. The zero-order valence-corrected chi connectivity index (χ0v) is 6.63. The largest absolute Gasteiger partial charge is 0.497 e. The third kappa shape index (κ3) is 1.55. The summed E-state index contributed by atoms with van der Waals surface area (Å²) < 4.78 is 9.92. The van der Waals surface area contributed by atoms with Crippen molar-refractivity contribution in [1.82, 2.24) is 0 Å². The van der Waals surface area contributed by atoms with Crippen molar-refractivity contribution in [2.75, 3.05) is 20.0 Å². The number of nitrogens with two attached hydrogens (primary N) is 1. The molecule has 11 heavy (non-hydrogen) atoms. The van der Waals surface area contributed by atoms with Gasteiger partial charge in [-0.25, -0.2) is 0 Å². The van der Waals surface area contributed by atoms with E-state index in [2.05, 4.69) is 0 Å². The molecular formula is C8H13NO2. The summed E-state index contributed by atoms with van der Waals surface area (Å²) in [7, 11) is 3.18. The molecule has 0 saturated heterocycles. The number of benzene rings is 1. The zero-order chi connectivity index (χ0) is 8.27. The molecule has 3 heteroatoms. The Hall–Kier alpha value is -1.38. The third-order valence-electron chi connectivity index (χ3n) is 1.44. The van der Waals surface area contributed by atoms with Crippen molar-refractivity contribution >= 4 is 5.69 Å². The molecule has 62 valence electrons. The summed E-state index contributed by atoms with van der Waals surface area (Å²) in [6.07, 6.45) is 0. The smallest absolute Gasteiger partial charge is 0.142 e. The Morgan fingerprint density at radius 3 is 2.45 bits per heavy atom. The Balaban J connectivity index is 0.00000121. The van der Waals surface area contributed by atoms with Crippen LogP contribution in [0.15, 0.2) is 18.2 Å². The number of hydrogen-bond donors (Lipinski definition) is 1. The van der Waals surface area contributed by atoms with E-state index in [0.29, 0.717) is 11.4 Å². The number of rotatable bonds is 2. The molecule has 0 atom stereocenters. The maximum atomic E-state index is 5.60. The molecule has 0 aliphatic carbocycles. The van der Waals surface area contributed by atoms with Gasteiger partial charge in [0, 0.05) is 7.49 Å². The van der Waals surface area contributed by atoms with Crippen molar-refractivity contribution < 1.29 is 10.9 Å². The van der Waals surface area contributed by atoms with Gasteiger partial charge < -0.3 is 15.2 Å². The summed E-state index contributed by atoms with van der Waals surface area (Å²) in [5.41, 5.74) is 6.19. The van der Waals surface area contributed by atoms with Crippen LogP contribution >= 0.6 is 0 Å². The fourth-order valence-electron chi connectivity index (χ4n) is 0.839. The minimum absolute atomic E-state index is 0. The van der Waals surface area contributed by atoms with Crippen LogP contribution in [0.25, 0.3) is 0 Å². The first kappa shape index (κ1) is 7.72. The number of methoxy groups -OCH3 is 2. The van der Waals surface area contributed by atoms with Crippen molar-refractivity contribution in [2.45, 2.75) is 0 Å². The lowest BCUT2D eigenvalue weighted by atomic mass is 10.3. The molecule has 2 N–H and O–H groups in total. The minimum atomic E-state index is 0. The maximum absolute atomic E-state index is 5.60. The van der Waals surface area contributed by atoms with Crippen molar-refractivity contribution in [3.8, 4) is 11.5 Å². The van der Waals surface area contributed by atoms with Gasteiger partial charge in [-0.15, -0.1) is 0 Å². The number of anilines is 1. The van der Waals surface area contributed by atoms with E-state index in [1.54, 1.807) is 32.4 Å². The second-order valence-electron chi connectivity index (χ2n) is 2.11. The summed E-state index contributed by atoms with van der Waals surface area (Å²) in [6.45, 7) is 0. The molecule has 3 nitrogen and oxygen atoms in total. The Morgan fingerprint density at radius 2 is 2.00 bits per heavy atom. The Kier molecular flexibility index (Phi) is 2.21. The second-order valence-corrected chi connectivity index (χ2v) is 2.11. The first-order valence-electron chi connectivity index (χ1n) is 3.25. The molecular weight excluding hydrogens is 142 g/mol. The van der Waals surface area contributed by atoms with Gasteiger partial charge in [-0.2, -0.15) is 0 Å². The molecule has 0 aliphatic rings. The van der Waals surface area contributed by atoms with Crippen LogP contribution in [0.2, 0.25) is 0 Å². The summed E-state index contributed by atoms with van der Waals surface area (Å²) in [4.78, 5) is 0. The summed E-state index contributed by atoms with van der Waals surface area (Å²) >= 11 is 0. The Bertz CT molecular complexity index is 253. The average molecular weight is 155 g/mol.